The molecule has 114 valence electrons. The zero-order valence-electron chi connectivity index (χ0n) is 11.7. The minimum absolute atomic E-state index is 0.00683. The lowest BCUT2D eigenvalue weighted by Crippen LogP contribution is -2.20. The van der Waals surface area contributed by atoms with Crippen LogP contribution >= 0.6 is 0 Å². The van der Waals surface area contributed by atoms with Gasteiger partial charge in [-0.2, -0.15) is 0 Å². The molecule has 0 saturated carbocycles. The lowest BCUT2D eigenvalue weighted by molar-refractivity contribution is 0.0848. The molecule has 3 rings (SSSR count). The summed E-state index contributed by atoms with van der Waals surface area (Å²) in [6.45, 7) is 0. The summed E-state index contributed by atoms with van der Waals surface area (Å²) in [5.41, 5.74) is 0.842. The van der Waals surface area contributed by atoms with Crippen LogP contribution < -0.4 is 9.47 Å². The Morgan fingerprint density at radius 3 is 2.45 bits per heavy atom. The van der Waals surface area contributed by atoms with E-state index in [0.29, 0.717) is 11.1 Å². The van der Waals surface area contributed by atoms with E-state index >= 15 is 0 Å². The molecule has 6 heteroatoms. The average molecular weight is 302 g/mol. The topological polar surface area (TPSA) is 96.2 Å². The smallest absolute Gasteiger partial charge is 0.202 e. The Labute approximate surface area is 126 Å². The van der Waals surface area contributed by atoms with E-state index < -0.39 is 6.10 Å². The number of carbonyl (C=O) groups is 1. The van der Waals surface area contributed by atoms with Crippen molar-refractivity contribution in [2.75, 3.05) is 7.11 Å². The quantitative estimate of drug-likeness (QED) is 0.789. The first-order valence-corrected chi connectivity index (χ1v) is 6.62. The lowest BCUT2D eigenvalue weighted by Gasteiger charge is -2.26. The van der Waals surface area contributed by atoms with E-state index in [-0.39, 0.29) is 41.0 Å². The summed E-state index contributed by atoms with van der Waals surface area (Å²) in [5.74, 6) is -0.390. The summed E-state index contributed by atoms with van der Waals surface area (Å²) < 4.78 is 10.6. The fourth-order valence-corrected chi connectivity index (χ4v) is 2.51. The van der Waals surface area contributed by atoms with Crippen molar-refractivity contribution in [3.63, 3.8) is 0 Å². The first-order chi connectivity index (χ1) is 10.5. The second kappa shape index (κ2) is 5.14. The molecule has 0 spiro atoms. The minimum Gasteiger partial charge on any atom is -0.508 e. The molecule has 0 saturated heterocycles. The van der Waals surface area contributed by atoms with Crippen molar-refractivity contribution in [2.24, 2.45) is 0 Å². The number of phenols is 3. The molecule has 0 aromatic heterocycles. The number of methoxy groups -OCH3 is 1. The molecule has 6 nitrogen and oxygen atoms in total. The highest BCUT2D eigenvalue weighted by molar-refractivity contribution is 6.00. The van der Waals surface area contributed by atoms with Gasteiger partial charge in [0.05, 0.1) is 19.1 Å². The van der Waals surface area contributed by atoms with E-state index in [1.54, 1.807) is 0 Å². The molecule has 0 bridgehead atoms. The summed E-state index contributed by atoms with van der Waals surface area (Å²) in [6, 6.07) is 7.05. The van der Waals surface area contributed by atoms with E-state index in [0.717, 1.165) is 0 Å². The molecule has 2 aromatic carbocycles. The van der Waals surface area contributed by atoms with Gasteiger partial charge >= 0.3 is 0 Å². The SMILES string of the molecule is COc1c(O)cc(C2CC(=O)c3ccc(O)cc3O2)cc1O. The van der Waals surface area contributed by atoms with E-state index in [4.69, 9.17) is 9.47 Å². The van der Waals surface area contributed by atoms with Gasteiger partial charge in [0.1, 0.15) is 17.6 Å². The predicted molar refractivity (Wildman–Crippen MR) is 76.7 cm³/mol. The zero-order valence-corrected chi connectivity index (χ0v) is 11.7. The number of rotatable bonds is 2. The van der Waals surface area contributed by atoms with Crippen LogP contribution in [0.15, 0.2) is 30.3 Å². The molecule has 3 N–H and O–H groups in total. The van der Waals surface area contributed by atoms with Gasteiger partial charge in [0, 0.05) is 11.6 Å². The summed E-state index contributed by atoms with van der Waals surface area (Å²) in [4.78, 5) is 12.2. The molecule has 0 radical (unpaired) electrons. The van der Waals surface area contributed by atoms with Crippen molar-refractivity contribution >= 4 is 5.78 Å². The summed E-state index contributed by atoms with van der Waals surface area (Å²) in [6.07, 6.45) is -0.590. The molecule has 0 amide bonds. The molecule has 0 fully saturated rings. The largest absolute Gasteiger partial charge is 0.508 e. The monoisotopic (exact) mass is 302 g/mol. The first kappa shape index (κ1) is 14.1. The van der Waals surface area contributed by atoms with Gasteiger partial charge in [0.2, 0.25) is 5.75 Å². The number of ketones is 1. The van der Waals surface area contributed by atoms with Crippen LogP contribution in [0.25, 0.3) is 0 Å². The normalized spacial score (nSPS) is 16.8. The number of hydrogen-bond donors (Lipinski definition) is 3. The van der Waals surface area contributed by atoms with Crippen molar-refractivity contribution in [3.05, 3.63) is 41.5 Å². The van der Waals surface area contributed by atoms with Crippen LogP contribution in [0.1, 0.15) is 28.4 Å². The van der Waals surface area contributed by atoms with Gasteiger partial charge in [-0.25, -0.2) is 0 Å². The Morgan fingerprint density at radius 1 is 1.14 bits per heavy atom. The third-order valence-corrected chi connectivity index (χ3v) is 3.55. The molecule has 0 aliphatic carbocycles. The second-order valence-corrected chi connectivity index (χ2v) is 5.01. The molecular formula is C16H14O6. The van der Waals surface area contributed by atoms with Crippen LogP contribution in [0.2, 0.25) is 0 Å². The van der Waals surface area contributed by atoms with Gasteiger partial charge < -0.3 is 24.8 Å². The van der Waals surface area contributed by atoms with Gasteiger partial charge in [0.25, 0.3) is 0 Å². The van der Waals surface area contributed by atoms with Gasteiger partial charge in [-0.3, -0.25) is 4.79 Å². The van der Waals surface area contributed by atoms with Crippen LogP contribution in [0.3, 0.4) is 0 Å². The number of fused-ring (bicyclic) bond motifs is 1. The third-order valence-electron chi connectivity index (χ3n) is 3.55. The Bertz CT molecular complexity index is 729. The maximum Gasteiger partial charge on any atom is 0.202 e. The molecule has 2 aromatic rings. The van der Waals surface area contributed by atoms with Gasteiger partial charge in [-0.05, 0) is 24.3 Å². The highest BCUT2D eigenvalue weighted by atomic mass is 16.5. The minimum atomic E-state index is -0.662. The maximum atomic E-state index is 12.2. The Hall–Kier alpha value is -2.89. The number of aromatic hydroxyl groups is 3. The van der Waals surface area contributed by atoms with Crippen molar-refractivity contribution in [1.82, 2.24) is 0 Å². The van der Waals surface area contributed by atoms with Crippen molar-refractivity contribution in [2.45, 2.75) is 12.5 Å². The van der Waals surface area contributed by atoms with Gasteiger partial charge in [-0.1, -0.05) is 0 Å². The molecule has 22 heavy (non-hydrogen) atoms. The standard InChI is InChI=1S/C16H14O6/c1-21-16-12(19)4-8(5-13(16)20)14-7-11(18)10-3-2-9(17)6-15(10)22-14/h2-6,14,17,19-20H,7H2,1H3. The van der Waals surface area contributed by atoms with E-state index in [1.807, 2.05) is 0 Å². The van der Waals surface area contributed by atoms with Crippen molar-refractivity contribution in [1.29, 1.82) is 0 Å². The summed E-state index contributed by atoms with van der Waals surface area (Å²) in [5, 5.41) is 29.2. The van der Waals surface area contributed by atoms with E-state index in [9.17, 15) is 20.1 Å². The maximum absolute atomic E-state index is 12.2. The molecule has 1 unspecified atom stereocenters. The average Bonchev–Trinajstić information content (AvgIpc) is 2.46. The molecule has 1 aliphatic rings. The number of benzene rings is 2. The lowest BCUT2D eigenvalue weighted by atomic mass is 9.96. The molecule has 1 aliphatic heterocycles. The predicted octanol–water partition coefficient (Wildman–Crippen LogP) is 2.52. The van der Waals surface area contributed by atoms with Gasteiger partial charge in [-0.15, -0.1) is 0 Å². The van der Waals surface area contributed by atoms with Crippen LogP contribution in [-0.2, 0) is 0 Å². The number of ether oxygens (including phenoxy) is 2. The molecule has 1 atom stereocenters. The fraction of sp³-hybridized carbons (Fsp3) is 0.188. The highest BCUT2D eigenvalue weighted by Crippen LogP contribution is 2.42. The Balaban J connectivity index is 1.99. The van der Waals surface area contributed by atoms with Crippen LogP contribution in [0.4, 0.5) is 0 Å². The summed E-state index contributed by atoms with van der Waals surface area (Å²) in [7, 11) is 1.33. The van der Waals surface area contributed by atoms with E-state index in [2.05, 4.69) is 0 Å². The van der Waals surface area contributed by atoms with Crippen molar-refractivity contribution < 1.29 is 29.6 Å². The number of Topliss-reactive ketones (excluding diaryl/α,β-unsaturated/α-hetero) is 1. The van der Waals surface area contributed by atoms with E-state index in [1.165, 1.54) is 37.4 Å². The Kier molecular flexibility index (Phi) is 3.29. The molecular weight excluding hydrogens is 288 g/mol. The fourth-order valence-electron chi connectivity index (χ4n) is 2.51. The van der Waals surface area contributed by atoms with Crippen LogP contribution in [0.5, 0.6) is 28.7 Å². The van der Waals surface area contributed by atoms with Crippen LogP contribution in [0, 0.1) is 0 Å². The second-order valence-electron chi connectivity index (χ2n) is 5.01. The highest BCUT2D eigenvalue weighted by Gasteiger charge is 2.29. The van der Waals surface area contributed by atoms with Gasteiger partial charge in [0.15, 0.2) is 17.3 Å². The molecule has 1 heterocycles. The zero-order chi connectivity index (χ0) is 15.9. The first-order valence-electron chi connectivity index (χ1n) is 6.62. The number of hydrogen-bond acceptors (Lipinski definition) is 6. The number of phenolic OH excluding ortho intramolecular Hbond substituents is 3. The third kappa shape index (κ3) is 2.28. The summed E-state index contributed by atoms with van der Waals surface area (Å²) >= 11 is 0. The van der Waals surface area contributed by atoms with Crippen molar-refractivity contribution in [3.8, 4) is 28.7 Å². The number of carbonyl (C=O) groups excluding carboxylic acids is 1. The Morgan fingerprint density at radius 2 is 1.82 bits per heavy atom. The van der Waals surface area contributed by atoms with Crippen LogP contribution in [-0.4, -0.2) is 28.2 Å².